The van der Waals surface area contributed by atoms with Gasteiger partial charge in [-0.05, 0) is 56.2 Å². The first-order valence-electron chi connectivity index (χ1n) is 12.0. The van der Waals surface area contributed by atoms with Crippen molar-refractivity contribution in [1.82, 2.24) is 9.88 Å². The van der Waals surface area contributed by atoms with Gasteiger partial charge in [0.2, 0.25) is 5.91 Å². The highest BCUT2D eigenvalue weighted by Gasteiger charge is 2.49. The van der Waals surface area contributed by atoms with E-state index in [0.29, 0.717) is 17.9 Å². The van der Waals surface area contributed by atoms with Gasteiger partial charge in [0.1, 0.15) is 17.1 Å². The van der Waals surface area contributed by atoms with Gasteiger partial charge < -0.3 is 9.88 Å². The molecule has 1 fully saturated rings. The van der Waals surface area contributed by atoms with Crippen molar-refractivity contribution in [2.45, 2.75) is 70.0 Å². The maximum absolute atomic E-state index is 13.9. The van der Waals surface area contributed by atoms with Crippen LogP contribution in [-0.2, 0) is 11.3 Å². The fourth-order valence-electron chi connectivity index (χ4n) is 5.38. The summed E-state index contributed by atoms with van der Waals surface area (Å²) >= 11 is 0. The SMILES string of the molecule is C[C@]1(C(=O)NC2CCCCCCC2)Cn2c(cc3ccccc32)C(=O)N1c1ccc(F)cc1. The molecule has 1 saturated carbocycles. The third-order valence-electron chi connectivity index (χ3n) is 7.21. The minimum Gasteiger partial charge on any atom is -0.351 e. The largest absolute Gasteiger partial charge is 0.351 e. The summed E-state index contributed by atoms with van der Waals surface area (Å²) in [6.45, 7) is 2.15. The summed E-state index contributed by atoms with van der Waals surface area (Å²) in [6, 6.07) is 15.6. The van der Waals surface area contributed by atoms with E-state index < -0.39 is 5.54 Å². The van der Waals surface area contributed by atoms with Gasteiger partial charge in [-0.2, -0.15) is 0 Å². The van der Waals surface area contributed by atoms with Gasteiger partial charge in [0.25, 0.3) is 5.91 Å². The van der Waals surface area contributed by atoms with Crippen molar-refractivity contribution in [3.05, 3.63) is 66.1 Å². The third kappa shape index (κ3) is 3.92. The molecule has 2 heterocycles. The van der Waals surface area contributed by atoms with Gasteiger partial charge in [0, 0.05) is 22.6 Å². The van der Waals surface area contributed by atoms with Crippen LogP contribution in [-0.4, -0.2) is 28.0 Å². The van der Waals surface area contributed by atoms with Crippen molar-refractivity contribution in [3.8, 4) is 0 Å². The number of nitrogens with one attached hydrogen (secondary N) is 1. The molecule has 5 rings (SSSR count). The fourth-order valence-corrected chi connectivity index (χ4v) is 5.38. The lowest BCUT2D eigenvalue weighted by Gasteiger charge is -2.44. The summed E-state index contributed by atoms with van der Waals surface area (Å²) in [5.74, 6) is -0.786. The van der Waals surface area contributed by atoms with Gasteiger partial charge in [-0.15, -0.1) is 0 Å². The van der Waals surface area contributed by atoms with Gasteiger partial charge in [0.15, 0.2) is 0 Å². The van der Waals surface area contributed by atoms with E-state index in [1.165, 1.54) is 31.4 Å². The molecule has 172 valence electrons. The van der Waals surface area contributed by atoms with E-state index in [1.54, 1.807) is 17.0 Å². The number of hydrogen-bond acceptors (Lipinski definition) is 2. The van der Waals surface area contributed by atoms with Crippen LogP contribution < -0.4 is 10.2 Å². The van der Waals surface area contributed by atoms with Crippen molar-refractivity contribution >= 4 is 28.4 Å². The van der Waals surface area contributed by atoms with E-state index >= 15 is 0 Å². The molecule has 2 aliphatic rings. The van der Waals surface area contributed by atoms with E-state index in [1.807, 2.05) is 41.8 Å². The Morgan fingerprint density at radius 2 is 1.67 bits per heavy atom. The maximum atomic E-state index is 13.9. The fraction of sp³-hybridized carbons (Fsp3) is 0.407. The Morgan fingerprint density at radius 3 is 2.39 bits per heavy atom. The summed E-state index contributed by atoms with van der Waals surface area (Å²) in [5.41, 5.74) is 0.848. The molecule has 0 spiro atoms. The summed E-state index contributed by atoms with van der Waals surface area (Å²) in [5, 5.41) is 4.24. The number of carbonyl (C=O) groups is 2. The van der Waals surface area contributed by atoms with Gasteiger partial charge in [0.05, 0.1) is 6.54 Å². The molecule has 1 atom stereocenters. The Labute approximate surface area is 193 Å². The zero-order chi connectivity index (χ0) is 23.0. The molecular weight excluding hydrogens is 417 g/mol. The summed E-state index contributed by atoms with van der Waals surface area (Å²) in [7, 11) is 0. The normalized spacial score (nSPS) is 22.0. The topological polar surface area (TPSA) is 54.3 Å². The Bertz CT molecular complexity index is 1180. The van der Waals surface area contributed by atoms with Crippen LogP contribution in [0.1, 0.15) is 62.4 Å². The van der Waals surface area contributed by atoms with Crippen LogP contribution in [0.25, 0.3) is 10.9 Å². The minimum absolute atomic E-state index is 0.114. The van der Waals surface area contributed by atoms with Crippen molar-refractivity contribution in [3.63, 3.8) is 0 Å². The van der Waals surface area contributed by atoms with Crippen LogP contribution in [0, 0.1) is 5.82 Å². The Morgan fingerprint density at radius 1 is 1.00 bits per heavy atom. The Hall–Kier alpha value is -3.15. The zero-order valence-corrected chi connectivity index (χ0v) is 19.0. The number of nitrogens with zero attached hydrogens (tertiary/aromatic N) is 2. The first kappa shape index (κ1) is 21.7. The van der Waals surface area contributed by atoms with Crippen LogP contribution >= 0.6 is 0 Å². The van der Waals surface area contributed by atoms with Gasteiger partial charge in [-0.25, -0.2) is 4.39 Å². The number of para-hydroxylation sites is 1. The van der Waals surface area contributed by atoms with Crippen LogP contribution in [0.3, 0.4) is 0 Å². The summed E-state index contributed by atoms with van der Waals surface area (Å²) < 4.78 is 15.6. The molecule has 3 aromatic rings. The van der Waals surface area contributed by atoms with E-state index in [0.717, 1.165) is 36.6 Å². The predicted octanol–water partition coefficient (Wildman–Crippen LogP) is 5.43. The monoisotopic (exact) mass is 447 g/mol. The number of benzene rings is 2. The van der Waals surface area contributed by atoms with Gasteiger partial charge in [-0.1, -0.05) is 50.3 Å². The van der Waals surface area contributed by atoms with Crippen LogP contribution in [0.15, 0.2) is 54.6 Å². The standard InChI is InChI=1S/C27H30FN3O2/c1-27(26(33)29-21-10-5-3-2-4-6-11-21)18-30-23-12-8-7-9-19(23)17-24(30)25(32)31(27)22-15-13-20(28)14-16-22/h7-9,12-17,21H,2-6,10-11,18H2,1H3,(H,29,33)/t27-/m1/s1. The van der Waals surface area contributed by atoms with Crippen LogP contribution in [0.2, 0.25) is 0 Å². The number of carbonyl (C=O) groups excluding carboxylic acids is 2. The molecule has 0 saturated heterocycles. The Kier molecular flexibility index (Phi) is 5.69. The van der Waals surface area contributed by atoms with Crippen molar-refractivity contribution in [2.75, 3.05) is 4.90 Å². The number of rotatable bonds is 3. The summed E-state index contributed by atoms with van der Waals surface area (Å²) in [6.07, 6.45) is 7.79. The first-order chi connectivity index (χ1) is 16.0. The molecule has 1 aliphatic heterocycles. The van der Waals surface area contributed by atoms with Crippen molar-refractivity contribution < 1.29 is 14.0 Å². The lowest BCUT2D eigenvalue weighted by Crippen LogP contribution is -2.65. The minimum atomic E-state index is -1.15. The van der Waals surface area contributed by atoms with E-state index in [-0.39, 0.29) is 23.7 Å². The molecule has 6 heteroatoms. The van der Waals surface area contributed by atoms with E-state index in [2.05, 4.69) is 5.32 Å². The quantitative estimate of drug-likeness (QED) is 0.582. The third-order valence-corrected chi connectivity index (χ3v) is 7.21. The maximum Gasteiger partial charge on any atom is 0.275 e. The number of anilines is 1. The average molecular weight is 448 g/mol. The zero-order valence-electron chi connectivity index (χ0n) is 19.0. The van der Waals surface area contributed by atoms with Crippen molar-refractivity contribution in [2.24, 2.45) is 0 Å². The second kappa shape index (κ2) is 8.65. The molecule has 0 radical (unpaired) electrons. The van der Waals surface area contributed by atoms with Gasteiger partial charge >= 0.3 is 0 Å². The molecule has 33 heavy (non-hydrogen) atoms. The average Bonchev–Trinajstić information content (AvgIpc) is 3.15. The number of aromatic nitrogens is 1. The number of amides is 2. The number of halogens is 1. The number of hydrogen-bond donors (Lipinski definition) is 1. The second-order valence-electron chi connectivity index (χ2n) is 9.58. The molecule has 0 unspecified atom stereocenters. The molecule has 1 aliphatic carbocycles. The molecule has 1 aromatic heterocycles. The molecule has 0 bridgehead atoms. The van der Waals surface area contributed by atoms with Crippen molar-refractivity contribution in [1.29, 1.82) is 0 Å². The molecular formula is C27H30FN3O2. The van der Waals surface area contributed by atoms with Crippen LogP contribution in [0.5, 0.6) is 0 Å². The number of fused-ring (bicyclic) bond motifs is 3. The highest BCUT2D eigenvalue weighted by atomic mass is 19.1. The first-order valence-corrected chi connectivity index (χ1v) is 12.0. The van der Waals surface area contributed by atoms with E-state index in [4.69, 9.17) is 0 Å². The molecule has 2 amide bonds. The lowest BCUT2D eigenvalue weighted by molar-refractivity contribution is -0.127. The van der Waals surface area contributed by atoms with E-state index in [9.17, 15) is 14.0 Å². The predicted molar refractivity (Wildman–Crippen MR) is 128 cm³/mol. The van der Waals surface area contributed by atoms with Crippen LogP contribution in [0.4, 0.5) is 10.1 Å². The summed E-state index contributed by atoms with van der Waals surface area (Å²) in [4.78, 5) is 29.2. The Balaban J connectivity index is 1.56. The highest BCUT2D eigenvalue weighted by molar-refractivity contribution is 6.14. The second-order valence-corrected chi connectivity index (χ2v) is 9.58. The molecule has 5 nitrogen and oxygen atoms in total. The molecule has 1 N–H and O–H groups in total. The smallest absolute Gasteiger partial charge is 0.275 e. The van der Waals surface area contributed by atoms with Gasteiger partial charge in [-0.3, -0.25) is 14.5 Å². The molecule has 2 aromatic carbocycles. The highest BCUT2D eigenvalue weighted by Crippen LogP contribution is 2.36. The lowest BCUT2D eigenvalue weighted by atomic mass is 9.91.